The van der Waals surface area contributed by atoms with E-state index in [9.17, 15) is 9.59 Å². The van der Waals surface area contributed by atoms with Crippen molar-refractivity contribution in [1.29, 1.82) is 5.26 Å². The second-order valence-electron chi connectivity index (χ2n) is 7.23. The number of nitrogens with one attached hydrogen (secondary N) is 2. The monoisotopic (exact) mass is 375 g/mol. The number of rotatable bonds is 5. The van der Waals surface area contributed by atoms with Crippen LogP contribution in [0.2, 0.25) is 0 Å². The van der Waals surface area contributed by atoms with Crippen LogP contribution in [0.5, 0.6) is 0 Å². The molecule has 28 heavy (non-hydrogen) atoms. The van der Waals surface area contributed by atoms with Crippen molar-refractivity contribution in [1.82, 2.24) is 0 Å². The summed E-state index contributed by atoms with van der Waals surface area (Å²) in [5.74, 6) is -0.240. The van der Waals surface area contributed by atoms with Gasteiger partial charge in [-0.15, -0.1) is 0 Å². The van der Waals surface area contributed by atoms with Gasteiger partial charge in [-0.3, -0.25) is 9.59 Å². The molecule has 2 aromatic rings. The number of aryl methyl sites for hydroxylation is 1. The predicted molar refractivity (Wildman–Crippen MR) is 110 cm³/mol. The van der Waals surface area contributed by atoms with Crippen molar-refractivity contribution >= 4 is 23.2 Å². The van der Waals surface area contributed by atoms with Crippen LogP contribution < -0.4 is 10.6 Å². The average Bonchev–Trinajstić information content (AvgIpc) is 2.74. The maximum absolute atomic E-state index is 12.5. The summed E-state index contributed by atoms with van der Waals surface area (Å²) >= 11 is 0. The van der Waals surface area contributed by atoms with Crippen molar-refractivity contribution in [2.75, 3.05) is 10.6 Å². The van der Waals surface area contributed by atoms with Gasteiger partial charge in [0, 0.05) is 17.5 Å². The van der Waals surface area contributed by atoms with Crippen molar-refractivity contribution in [3.8, 4) is 6.07 Å². The minimum atomic E-state index is -0.125. The Morgan fingerprint density at radius 2 is 1.50 bits per heavy atom. The van der Waals surface area contributed by atoms with Crippen molar-refractivity contribution in [2.24, 2.45) is 11.8 Å². The molecule has 5 nitrogen and oxygen atoms in total. The van der Waals surface area contributed by atoms with Crippen molar-refractivity contribution < 1.29 is 9.59 Å². The normalized spacial score (nSPS) is 18.7. The van der Waals surface area contributed by atoms with Crippen LogP contribution in [-0.2, 0) is 16.0 Å². The van der Waals surface area contributed by atoms with E-state index in [0.29, 0.717) is 36.9 Å². The summed E-state index contributed by atoms with van der Waals surface area (Å²) in [6.07, 6.45) is 3.70. The molecule has 0 saturated heterocycles. The molecule has 2 amide bonds. The van der Waals surface area contributed by atoms with Gasteiger partial charge in [0.25, 0.3) is 0 Å². The highest BCUT2D eigenvalue weighted by atomic mass is 16.2. The molecule has 0 atom stereocenters. The number of para-hydroxylation sites is 1. The molecule has 0 bridgehead atoms. The zero-order valence-electron chi connectivity index (χ0n) is 16.1. The van der Waals surface area contributed by atoms with Crippen LogP contribution in [0.4, 0.5) is 11.4 Å². The molecule has 0 radical (unpaired) electrons. The Labute approximate surface area is 165 Å². The summed E-state index contributed by atoms with van der Waals surface area (Å²) in [4.78, 5) is 25.1. The van der Waals surface area contributed by atoms with Crippen molar-refractivity contribution in [3.05, 3.63) is 59.7 Å². The Morgan fingerprint density at radius 1 is 0.929 bits per heavy atom. The minimum Gasteiger partial charge on any atom is -0.326 e. The zero-order chi connectivity index (χ0) is 19.9. The summed E-state index contributed by atoms with van der Waals surface area (Å²) < 4.78 is 0. The van der Waals surface area contributed by atoms with Crippen LogP contribution in [0.1, 0.15) is 43.7 Å². The lowest BCUT2D eigenvalue weighted by Crippen LogP contribution is -2.32. The molecule has 1 aliphatic rings. The third kappa shape index (κ3) is 4.77. The number of hydrogen-bond donors (Lipinski definition) is 2. The van der Waals surface area contributed by atoms with Crippen LogP contribution in [0, 0.1) is 23.2 Å². The van der Waals surface area contributed by atoms with Gasteiger partial charge in [0.1, 0.15) is 6.07 Å². The fraction of sp³-hybridized carbons (Fsp3) is 0.348. The lowest BCUT2D eigenvalue weighted by Gasteiger charge is -2.27. The highest BCUT2D eigenvalue weighted by molar-refractivity contribution is 5.95. The second-order valence-corrected chi connectivity index (χ2v) is 7.23. The highest BCUT2D eigenvalue weighted by Crippen LogP contribution is 2.31. The van der Waals surface area contributed by atoms with Gasteiger partial charge in [0.05, 0.1) is 11.3 Å². The molecule has 5 heteroatoms. The van der Waals surface area contributed by atoms with E-state index in [2.05, 4.69) is 23.6 Å². The maximum Gasteiger partial charge on any atom is 0.227 e. The summed E-state index contributed by atoms with van der Waals surface area (Å²) in [5, 5.41) is 15.0. The molecule has 1 fully saturated rings. The predicted octanol–water partition coefficient (Wildman–Crippen LogP) is 4.50. The first-order valence-electron chi connectivity index (χ1n) is 9.80. The summed E-state index contributed by atoms with van der Waals surface area (Å²) in [6.45, 7) is 2.10. The molecule has 1 aliphatic carbocycles. The quantitative estimate of drug-likeness (QED) is 0.807. The van der Waals surface area contributed by atoms with E-state index >= 15 is 0 Å². The molecule has 2 N–H and O–H groups in total. The number of nitrogens with zero attached hydrogens (tertiary/aromatic N) is 1. The standard InChI is InChI=1S/C23H25N3O2/c1-2-16-7-13-20(14-8-16)25-22(27)17-9-11-18(12-10-17)23(28)26-21-6-4-3-5-19(21)15-24/h3-8,13-14,17-18H,2,9-12H2,1H3,(H,25,27)(H,26,28). The van der Waals surface area contributed by atoms with E-state index in [1.165, 1.54) is 5.56 Å². The van der Waals surface area contributed by atoms with Crippen LogP contribution in [0.3, 0.4) is 0 Å². The van der Waals surface area contributed by atoms with Crippen molar-refractivity contribution in [3.63, 3.8) is 0 Å². The number of hydrogen-bond acceptors (Lipinski definition) is 3. The highest BCUT2D eigenvalue weighted by Gasteiger charge is 2.30. The van der Waals surface area contributed by atoms with Crippen LogP contribution >= 0.6 is 0 Å². The molecule has 0 unspecified atom stereocenters. The number of carbonyl (C=O) groups is 2. The third-order valence-corrected chi connectivity index (χ3v) is 5.40. The number of nitriles is 1. The number of anilines is 2. The lowest BCUT2D eigenvalue weighted by atomic mass is 9.81. The van der Waals surface area contributed by atoms with Gasteiger partial charge in [0.15, 0.2) is 0 Å². The molecule has 0 heterocycles. The Bertz CT molecular complexity index is 875. The van der Waals surface area contributed by atoms with Crippen molar-refractivity contribution in [2.45, 2.75) is 39.0 Å². The van der Waals surface area contributed by atoms with E-state index in [4.69, 9.17) is 5.26 Å². The lowest BCUT2D eigenvalue weighted by molar-refractivity contribution is -0.125. The average molecular weight is 375 g/mol. The zero-order valence-corrected chi connectivity index (χ0v) is 16.1. The first kappa shape index (κ1) is 19.6. The molecule has 2 aromatic carbocycles. The van der Waals surface area contributed by atoms with Crippen LogP contribution in [0.15, 0.2) is 48.5 Å². The molecule has 144 valence electrons. The smallest absolute Gasteiger partial charge is 0.227 e. The number of carbonyl (C=O) groups excluding carboxylic acids is 2. The first-order valence-corrected chi connectivity index (χ1v) is 9.80. The van der Waals surface area contributed by atoms with E-state index in [-0.39, 0.29) is 23.7 Å². The van der Waals surface area contributed by atoms with Gasteiger partial charge in [-0.25, -0.2) is 0 Å². The molecule has 1 saturated carbocycles. The SMILES string of the molecule is CCc1ccc(NC(=O)C2CCC(C(=O)Nc3ccccc3C#N)CC2)cc1. The van der Waals surface area contributed by atoms with E-state index in [1.54, 1.807) is 24.3 Å². The largest absolute Gasteiger partial charge is 0.326 e. The molecular weight excluding hydrogens is 350 g/mol. The van der Waals surface area contributed by atoms with E-state index in [0.717, 1.165) is 12.1 Å². The van der Waals surface area contributed by atoms with Gasteiger partial charge in [-0.05, 0) is 61.9 Å². The van der Waals surface area contributed by atoms with Gasteiger partial charge in [0.2, 0.25) is 11.8 Å². The van der Waals surface area contributed by atoms with E-state index in [1.807, 2.05) is 24.3 Å². The Morgan fingerprint density at radius 3 is 2.07 bits per heavy atom. The third-order valence-electron chi connectivity index (χ3n) is 5.40. The summed E-state index contributed by atoms with van der Waals surface area (Å²) in [6, 6.07) is 17.0. The molecular formula is C23H25N3O2. The number of benzene rings is 2. The fourth-order valence-corrected chi connectivity index (χ4v) is 3.61. The Balaban J connectivity index is 1.51. The molecule has 0 aliphatic heterocycles. The van der Waals surface area contributed by atoms with Gasteiger partial charge in [-0.1, -0.05) is 31.2 Å². The van der Waals surface area contributed by atoms with Crippen LogP contribution in [0.25, 0.3) is 0 Å². The topological polar surface area (TPSA) is 82.0 Å². The Hall–Kier alpha value is -3.13. The molecule has 0 spiro atoms. The second kappa shape index (κ2) is 9.18. The summed E-state index contributed by atoms with van der Waals surface area (Å²) in [7, 11) is 0. The van der Waals surface area contributed by atoms with Gasteiger partial charge in [-0.2, -0.15) is 5.26 Å². The van der Waals surface area contributed by atoms with E-state index < -0.39 is 0 Å². The van der Waals surface area contributed by atoms with Gasteiger partial charge >= 0.3 is 0 Å². The maximum atomic E-state index is 12.5. The number of amides is 2. The minimum absolute atomic E-state index is 0.0259. The fourth-order valence-electron chi connectivity index (χ4n) is 3.61. The summed E-state index contributed by atoms with van der Waals surface area (Å²) in [5.41, 5.74) is 3.06. The van der Waals surface area contributed by atoms with Gasteiger partial charge < -0.3 is 10.6 Å². The molecule has 3 rings (SSSR count). The Kier molecular flexibility index (Phi) is 6.44. The van der Waals surface area contributed by atoms with Crippen LogP contribution in [-0.4, -0.2) is 11.8 Å². The first-order chi connectivity index (χ1) is 13.6. The molecule has 0 aromatic heterocycles.